The third-order valence-electron chi connectivity index (χ3n) is 3.06. The Morgan fingerprint density at radius 2 is 2.12 bits per heavy atom. The van der Waals surface area contributed by atoms with Crippen LogP contribution in [0.5, 0.6) is 0 Å². The highest BCUT2D eigenvalue weighted by molar-refractivity contribution is 5.97. The van der Waals surface area contributed by atoms with E-state index >= 15 is 0 Å². The number of hydrogen-bond donors (Lipinski definition) is 1. The quantitative estimate of drug-likeness (QED) is 0.873. The first kappa shape index (κ1) is 12.1. The largest absolute Gasteiger partial charge is 0.341 e. The molecule has 1 aromatic heterocycles. The first-order valence-electron chi connectivity index (χ1n) is 6.42. The van der Waals surface area contributed by atoms with Crippen LogP contribution in [-0.2, 0) is 6.54 Å². The maximum absolute atomic E-state index is 4.59. The lowest BCUT2D eigenvalue weighted by Crippen LogP contribution is -2.11. The summed E-state index contributed by atoms with van der Waals surface area (Å²) < 4.78 is 2.10. The molecular weight excluding hydrogens is 212 g/mol. The number of hydrogen-bond acceptors (Lipinski definition) is 3. The molecular formula is C13H22N4. The van der Waals surface area contributed by atoms with Gasteiger partial charge in [0, 0.05) is 19.5 Å². The predicted octanol–water partition coefficient (Wildman–Crippen LogP) is 2.76. The lowest BCUT2D eigenvalue weighted by molar-refractivity contribution is 0.473. The molecule has 0 unspecified atom stereocenters. The van der Waals surface area contributed by atoms with Gasteiger partial charge in [-0.25, -0.2) is 0 Å². The molecule has 2 heterocycles. The molecule has 4 heteroatoms. The van der Waals surface area contributed by atoms with Crippen LogP contribution in [0.15, 0.2) is 4.99 Å². The molecule has 0 aromatic carbocycles. The Labute approximate surface area is 103 Å². The number of rotatable bonds is 3. The SMILES string of the molecule is Cc1nn(CC(C)C)c(C)c1NC1=NCCC1. The summed E-state index contributed by atoms with van der Waals surface area (Å²) in [5, 5.41) is 8.03. The van der Waals surface area contributed by atoms with Crippen molar-refractivity contribution in [2.24, 2.45) is 10.9 Å². The van der Waals surface area contributed by atoms with E-state index in [0.29, 0.717) is 5.92 Å². The van der Waals surface area contributed by atoms with Crippen LogP contribution in [0.1, 0.15) is 38.1 Å². The normalized spacial score (nSPS) is 15.5. The van der Waals surface area contributed by atoms with Crippen LogP contribution in [0.2, 0.25) is 0 Å². The second-order valence-electron chi connectivity index (χ2n) is 5.18. The number of aromatic nitrogens is 2. The first-order chi connectivity index (χ1) is 8.08. The summed E-state index contributed by atoms with van der Waals surface area (Å²) in [4.78, 5) is 4.45. The van der Waals surface area contributed by atoms with Gasteiger partial charge in [0.2, 0.25) is 0 Å². The van der Waals surface area contributed by atoms with Gasteiger partial charge in [-0.1, -0.05) is 13.8 Å². The number of amidine groups is 1. The molecule has 94 valence electrons. The Balaban J connectivity index is 2.18. The minimum absolute atomic E-state index is 0.615. The Hall–Kier alpha value is -1.32. The third kappa shape index (κ3) is 2.68. The van der Waals surface area contributed by atoms with Gasteiger partial charge in [-0.3, -0.25) is 9.67 Å². The van der Waals surface area contributed by atoms with E-state index in [-0.39, 0.29) is 0 Å². The molecule has 1 N–H and O–H groups in total. The highest BCUT2D eigenvalue weighted by Crippen LogP contribution is 2.21. The van der Waals surface area contributed by atoms with E-state index in [2.05, 4.69) is 47.8 Å². The molecule has 4 nitrogen and oxygen atoms in total. The van der Waals surface area contributed by atoms with Crippen LogP contribution in [0.25, 0.3) is 0 Å². The standard InChI is InChI=1S/C13H22N4/c1-9(2)8-17-11(4)13(10(3)16-17)15-12-6-5-7-14-12/h9H,5-8H2,1-4H3,(H,14,15). The second-order valence-corrected chi connectivity index (χ2v) is 5.18. The van der Waals surface area contributed by atoms with E-state index in [4.69, 9.17) is 0 Å². The van der Waals surface area contributed by atoms with Gasteiger partial charge in [-0.05, 0) is 26.2 Å². The molecule has 1 aliphatic rings. The van der Waals surface area contributed by atoms with Gasteiger partial charge < -0.3 is 5.32 Å². The number of nitrogens with one attached hydrogen (secondary N) is 1. The molecule has 0 radical (unpaired) electrons. The van der Waals surface area contributed by atoms with Crippen molar-refractivity contribution < 1.29 is 0 Å². The molecule has 0 saturated heterocycles. The Kier molecular flexibility index (Phi) is 3.50. The van der Waals surface area contributed by atoms with Crippen LogP contribution >= 0.6 is 0 Å². The molecule has 0 saturated carbocycles. The molecule has 0 bridgehead atoms. The average Bonchev–Trinajstić information content (AvgIpc) is 2.83. The third-order valence-corrected chi connectivity index (χ3v) is 3.06. The van der Waals surface area contributed by atoms with Crippen molar-refractivity contribution in [1.29, 1.82) is 0 Å². The molecule has 1 aromatic rings. The molecule has 17 heavy (non-hydrogen) atoms. The highest BCUT2D eigenvalue weighted by atomic mass is 15.3. The maximum atomic E-state index is 4.59. The summed E-state index contributed by atoms with van der Waals surface area (Å²) in [7, 11) is 0. The number of anilines is 1. The number of aryl methyl sites for hydroxylation is 1. The van der Waals surface area contributed by atoms with Crippen LogP contribution in [-0.4, -0.2) is 22.2 Å². The predicted molar refractivity (Wildman–Crippen MR) is 71.7 cm³/mol. The van der Waals surface area contributed by atoms with Crippen molar-refractivity contribution in [3.63, 3.8) is 0 Å². The van der Waals surface area contributed by atoms with Gasteiger partial charge >= 0.3 is 0 Å². The van der Waals surface area contributed by atoms with Gasteiger partial charge in [-0.15, -0.1) is 0 Å². The second kappa shape index (κ2) is 4.90. The molecule has 0 fully saturated rings. The molecule has 1 aliphatic heterocycles. The van der Waals surface area contributed by atoms with Gasteiger partial charge in [0.05, 0.1) is 17.1 Å². The summed E-state index contributed by atoms with van der Waals surface area (Å²) in [5.41, 5.74) is 3.43. The fourth-order valence-corrected chi connectivity index (χ4v) is 2.19. The zero-order valence-corrected chi connectivity index (χ0v) is 11.2. The zero-order valence-electron chi connectivity index (χ0n) is 11.2. The highest BCUT2D eigenvalue weighted by Gasteiger charge is 2.15. The minimum Gasteiger partial charge on any atom is -0.341 e. The van der Waals surface area contributed by atoms with Crippen molar-refractivity contribution in [2.75, 3.05) is 11.9 Å². The van der Waals surface area contributed by atoms with E-state index in [0.717, 1.165) is 36.7 Å². The molecule has 2 rings (SSSR count). The summed E-state index contributed by atoms with van der Waals surface area (Å²) >= 11 is 0. The van der Waals surface area contributed by atoms with Crippen molar-refractivity contribution in [1.82, 2.24) is 9.78 Å². The van der Waals surface area contributed by atoms with E-state index in [1.165, 1.54) is 12.1 Å². The maximum Gasteiger partial charge on any atom is 0.101 e. The Bertz CT molecular complexity index is 429. The fraction of sp³-hybridized carbons (Fsp3) is 0.692. The first-order valence-corrected chi connectivity index (χ1v) is 6.42. The zero-order chi connectivity index (χ0) is 12.4. The van der Waals surface area contributed by atoms with Gasteiger partial charge in [0.25, 0.3) is 0 Å². The fourth-order valence-electron chi connectivity index (χ4n) is 2.19. The molecule has 0 atom stereocenters. The van der Waals surface area contributed by atoms with Crippen LogP contribution in [0, 0.1) is 19.8 Å². The van der Waals surface area contributed by atoms with Crippen LogP contribution in [0.3, 0.4) is 0 Å². The Morgan fingerprint density at radius 1 is 1.35 bits per heavy atom. The summed E-state index contributed by atoms with van der Waals surface area (Å²) in [5.74, 6) is 1.73. The van der Waals surface area contributed by atoms with Crippen molar-refractivity contribution >= 4 is 11.5 Å². The average molecular weight is 234 g/mol. The lowest BCUT2D eigenvalue weighted by Gasteiger charge is -2.09. The van der Waals surface area contributed by atoms with Gasteiger partial charge in [0.15, 0.2) is 0 Å². The van der Waals surface area contributed by atoms with Crippen molar-refractivity contribution in [2.45, 2.75) is 47.1 Å². The van der Waals surface area contributed by atoms with Gasteiger partial charge in [0.1, 0.15) is 5.84 Å². The number of nitrogens with zero attached hydrogens (tertiary/aromatic N) is 3. The lowest BCUT2D eigenvalue weighted by atomic mass is 10.2. The summed E-state index contributed by atoms with van der Waals surface area (Å²) in [6.07, 6.45) is 2.23. The number of aliphatic imine (C=N–C) groups is 1. The monoisotopic (exact) mass is 234 g/mol. The summed E-state index contributed by atoms with van der Waals surface area (Å²) in [6.45, 7) is 10.5. The van der Waals surface area contributed by atoms with E-state index in [1.54, 1.807) is 0 Å². The van der Waals surface area contributed by atoms with E-state index in [1.807, 2.05) is 0 Å². The molecule has 0 amide bonds. The summed E-state index contributed by atoms with van der Waals surface area (Å²) in [6, 6.07) is 0. The van der Waals surface area contributed by atoms with Crippen molar-refractivity contribution in [3.8, 4) is 0 Å². The molecule has 0 spiro atoms. The smallest absolute Gasteiger partial charge is 0.101 e. The Morgan fingerprint density at radius 3 is 2.71 bits per heavy atom. The topological polar surface area (TPSA) is 42.2 Å². The van der Waals surface area contributed by atoms with E-state index in [9.17, 15) is 0 Å². The van der Waals surface area contributed by atoms with Gasteiger partial charge in [-0.2, -0.15) is 5.10 Å². The van der Waals surface area contributed by atoms with Crippen LogP contribution < -0.4 is 5.32 Å². The van der Waals surface area contributed by atoms with Crippen LogP contribution in [0.4, 0.5) is 5.69 Å². The van der Waals surface area contributed by atoms with E-state index < -0.39 is 0 Å². The molecule has 0 aliphatic carbocycles. The minimum atomic E-state index is 0.615. The van der Waals surface area contributed by atoms with Crippen molar-refractivity contribution in [3.05, 3.63) is 11.4 Å².